The van der Waals surface area contributed by atoms with E-state index >= 15 is 0 Å². The SMILES string of the molecule is c1ccc(-n2c3ccccc3c3cc(-c4ccc5c(c4)c4cc(-c6cccc7c6oc6ccccc67)ccc4n5-c4ccc(-c5ccc6[nH]c7ccccc7c6c5)cc4)ccc32)cc1. The van der Waals surface area contributed by atoms with Crippen LogP contribution in [0.15, 0.2) is 223 Å². The zero-order valence-corrected chi connectivity index (χ0v) is 34.6. The van der Waals surface area contributed by atoms with Crippen molar-refractivity contribution in [2.75, 3.05) is 0 Å². The van der Waals surface area contributed by atoms with Crippen LogP contribution in [0.3, 0.4) is 0 Å². The van der Waals surface area contributed by atoms with E-state index < -0.39 is 0 Å². The first kappa shape index (κ1) is 35.0. The molecule has 64 heavy (non-hydrogen) atoms. The van der Waals surface area contributed by atoms with Crippen LogP contribution in [-0.4, -0.2) is 14.1 Å². The lowest BCUT2D eigenvalue weighted by Gasteiger charge is -2.11. The molecule has 4 aromatic heterocycles. The lowest BCUT2D eigenvalue weighted by Crippen LogP contribution is -1.94. The second-order valence-electron chi connectivity index (χ2n) is 17.0. The van der Waals surface area contributed by atoms with E-state index in [-0.39, 0.29) is 0 Å². The second kappa shape index (κ2) is 13.4. The molecule has 0 aliphatic heterocycles. The Morgan fingerprint density at radius 3 is 1.56 bits per heavy atom. The van der Waals surface area contributed by atoms with Crippen molar-refractivity contribution in [3.8, 4) is 44.8 Å². The second-order valence-corrected chi connectivity index (χ2v) is 17.0. The van der Waals surface area contributed by atoms with Crippen LogP contribution in [0.5, 0.6) is 0 Å². The monoisotopic (exact) mass is 815 g/mol. The molecular weight excluding hydrogens is 779 g/mol. The minimum absolute atomic E-state index is 0.904. The van der Waals surface area contributed by atoms with E-state index in [0.29, 0.717) is 0 Å². The third-order valence-electron chi connectivity index (χ3n) is 13.5. The predicted molar refractivity (Wildman–Crippen MR) is 268 cm³/mol. The number of furan rings is 1. The number of aromatic nitrogens is 3. The summed E-state index contributed by atoms with van der Waals surface area (Å²) in [6.07, 6.45) is 0. The first-order valence-electron chi connectivity index (χ1n) is 21.9. The van der Waals surface area contributed by atoms with E-state index in [4.69, 9.17) is 4.42 Å². The number of hydrogen-bond acceptors (Lipinski definition) is 1. The molecule has 4 heterocycles. The predicted octanol–water partition coefficient (Wildman–Crippen LogP) is 16.4. The van der Waals surface area contributed by atoms with E-state index in [1.165, 1.54) is 65.6 Å². The third kappa shape index (κ3) is 5.17. The number of para-hydroxylation sites is 5. The molecule has 4 nitrogen and oxygen atoms in total. The molecule has 14 rings (SSSR count). The molecule has 0 saturated heterocycles. The largest absolute Gasteiger partial charge is 0.455 e. The molecule has 0 radical (unpaired) electrons. The maximum absolute atomic E-state index is 6.56. The van der Waals surface area contributed by atoms with Crippen LogP contribution >= 0.6 is 0 Å². The summed E-state index contributed by atoms with van der Waals surface area (Å²) >= 11 is 0. The summed E-state index contributed by atoms with van der Waals surface area (Å²) in [5.74, 6) is 0. The Hall–Kier alpha value is -8.60. The van der Waals surface area contributed by atoms with Crippen molar-refractivity contribution in [3.05, 3.63) is 218 Å². The lowest BCUT2D eigenvalue weighted by atomic mass is 9.98. The van der Waals surface area contributed by atoms with Gasteiger partial charge in [-0.05, 0) is 119 Å². The molecule has 0 atom stereocenters. The van der Waals surface area contributed by atoms with Gasteiger partial charge in [0, 0.05) is 71.1 Å². The summed E-state index contributed by atoms with van der Waals surface area (Å²) in [7, 11) is 0. The molecule has 0 bridgehead atoms. The number of hydrogen-bond donors (Lipinski definition) is 1. The van der Waals surface area contributed by atoms with Crippen LogP contribution in [0, 0.1) is 0 Å². The molecule has 0 fully saturated rings. The van der Waals surface area contributed by atoms with Crippen molar-refractivity contribution >= 4 is 87.4 Å². The highest BCUT2D eigenvalue weighted by atomic mass is 16.3. The van der Waals surface area contributed by atoms with Gasteiger partial charge >= 0.3 is 0 Å². The minimum Gasteiger partial charge on any atom is -0.455 e. The van der Waals surface area contributed by atoms with Crippen molar-refractivity contribution in [1.29, 1.82) is 0 Å². The zero-order chi connectivity index (χ0) is 41.9. The van der Waals surface area contributed by atoms with Crippen LogP contribution in [0.2, 0.25) is 0 Å². The van der Waals surface area contributed by atoms with Gasteiger partial charge in [-0.15, -0.1) is 0 Å². The summed E-state index contributed by atoms with van der Waals surface area (Å²) < 4.78 is 11.4. The average molecular weight is 816 g/mol. The molecule has 10 aromatic carbocycles. The summed E-state index contributed by atoms with van der Waals surface area (Å²) in [5.41, 5.74) is 18.1. The van der Waals surface area contributed by atoms with Crippen LogP contribution in [0.1, 0.15) is 0 Å². The van der Waals surface area contributed by atoms with Gasteiger partial charge in [0.25, 0.3) is 0 Å². The van der Waals surface area contributed by atoms with Gasteiger partial charge in [0.2, 0.25) is 0 Å². The Kier molecular flexibility index (Phi) is 7.36. The number of fused-ring (bicyclic) bond motifs is 12. The number of benzene rings is 10. The number of nitrogens with zero attached hydrogens (tertiary/aromatic N) is 2. The van der Waals surface area contributed by atoms with Gasteiger partial charge in [0.1, 0.15) is 11.2 Å². The fraction of sp³-hybridized carbons (Fsp3) is 0. The minimum atomic E-state index is 0.904. The molecule has 0 unspecified atom stereocenters. The van der Waals surface area contributed by atoms with Crippen LogP contribution in [-0.2, 0) is 0 Å². The van der Waals surface area contributed by atoms with Gasteiger partial charge in [-0.1, -0.05) is 127 Å². The summed E-state index contributed by atoms with van der Waals surface area (Å²) in [5, 5.41) is 9.63. The van der Waals surface area contributed by atoms with E-state index in [0.717, 1.165) is 66.5 Å². The van der Waals surface area contributed by atoms with Crippen molar-refractivity contribution in [2.45, 2.75) is 0 Å². The van der Waals surface area contributed by atoms with Gasteiger partial charge in [-0.25, -0.2) is 0 Å². The van der Waals surface area contributed by atoms with Crippen molar-refractivity contribution in [3.63, 3.8) is 0 Å². The number of aromatic amines is 1. The molecule has 0 saturated carbocycles. The summed E-state index contributed by atoms with van der Waals surface area (Å²) in [6.45, 7) is 0. The van der Waals surface area contributed by atoms with Gasteiger partial charge in [-0.3, -0.25) is 0 Å². The molecule has 298 valence electrons. The molecule has 4 heteroatoms. The number of nitrogens with one attached hydrogen (secondary N) is 1. The summed E-state index contributed by atoms with van der Waals surface area (Å²) in [6, 6.07) is 79.3. The standard InChI is InChI=1S/C60H37N3O/c1-2-11-42(12-3-1)62-55-19-8-5-14-46(55)50-34-39(24-30-56(50)62)40-25-31-57-51(35-40)52-36-41(44-16-10-17-48-47-15-6-9-20-59(47)64-60(44)48)26-32-58(52)63(57)43-27-21-37(22-28-43)38-23-29-54-49(33-38)45-13-4-7-18-53(45)61-54/h1-36,61H. The Morgan fingerprint density at radius 1 is 0.297 bits per heavy atom. The smallest absolute Gasteiger partial charge is 0.143 e. The first-order chi connectivity index (χ1) is 31.7. The first-order valence-corrected chi connectivity index (χ1v) is 21.9. The van der Waals surface area contributed by atoms with Gasteiger partial charge in [-0.2, -0.15) is 0 Å². The van der Waals surface area contributed by atoms with Crippen molar-refractivity contribution < 1.29 is 4.42 Å². The highest BCUT2D eigenvalue weighted by Crippen LogP contribution is 2.42. The highest BCUT2D eigenvalue weighted by Gasteiger charge is 2.19. The molecular formula is C60H37N3O. The number of H-pyrrole nitrogens is 1. The maximum Gasteiger partial charge on any atom is 0.143 e. The van der Waals surface area contributed by atoms with Gasteiger partial charge < -0.3 is 18.5 Å². The molecule has 0 aliphatic carbocycles. The van der Waals surface area contributed by atoms with Crippen molar-refractivity contribution in [2.24, 2.45) is 0 Å². The highest BCUT2D eigenvalue weighted by molar-refractivity contribution is 6.15. The van der Waals surface area contributed by atoms with Gasteiger partial charge in [0.15, 0.2) is 0 Å². The van der Waals surface area contributed by atoms with E-state index in [1.54, 1.807) is 0 Å². The fourth-order valence-corrected chi connectivity index (χ4v) is 10.5. The fourth-order valence-electron chi connectivity index (χ4n) is 10.5. The maximum atomic E-state index is 6.56. The van der Waals surface area contributed by atoms with E-state index in [1.807, 2.05) is 6.07 Å². The van der Waals surface area contributed by atoms with E-state index in [9.17, 15) is 0 Å². The third-order valence-corrected chi connectivity index (χ3v) is 13.5. The molecule has 1 N–H and O–H groups in total. The molecule has 0 amide bonds. The molecule has 0 spiro atoms. The van der Waals surface area contributed by atoms with Crippen LogP contribution in [0.25, 0.3) is 132 Å². The normalized spacial score (nSPS) is 12.1. The topological polar surface area (TPSA) is 38.8 Å². The number of rotatable bonds is 5. The summed E-state index contributed by atoms with van der Waals surface area (Å²) in [4.78, 5) is 3.57. The Bertz CT molecular complexity index is 4180. The average Bonchev–Trinajstić information content (AvgIpc) is 4.11. The molecule has 0 aliphatic rings. The Labute approximate surface area is 367 Å². The quantitative estimate of drug-likeness (QED) is 0.185. The van der Waals surface area contributed by atoms with Crippen molar-refractivity contribution in [1.82, 2.24) is 14.1 Å². The van der Waals surface area contributed by atoms with Crippen LogP contribution in [0.4, 0.5) is 0 Å². The Balaban J connectivity index is 0.949. The van der Waals surface area contributed by atoms with Gasteiger partial charge in [0.05, 0.1) is 22.1 Å². The molecule has 14 aromatic rings. The Morgan fingerprint density at radius 2 is 0.797 bits per heavy atom. The zero-order valence-electron chi connectivity index (χ0n) is 34.6. The lowest BCUT2D eigenvalue weighted by molar-refractivity contribution is 0.670. The van der Waals surface area contributed by atoms with E-state index in [2.05, 4.69) is 226 Å². The van der Waals surface area contributed by atoms with Crippen LogP contribution < -0.4 is 0 Å².